The largest absolute Gasteiger partial charge is 0.497 e. The molecule has 2 rings (SSSR count). The summed E-state index contributed by atoms with van der Waals surface area (Å²) in [5.41, 5.74) is 2.90. The summed E-state index contributed by atoms with van der Waals surface area (Å²) in [7, 11) is 1.60. The van der Waals surface area contributed by atoms with E-state index in [-0.39, 0.29) is 31.0 Å². The van der Waals surface area contributed by atoms with Crippen LogP contribution >= 0.6 is 0 Å². The molecule has 6 heteroatoms. The van der Waals surface area contributed by atoms with Crippen molar-refractivity contribution in [3.05, 3.63) is 59.2 Å². The van der Waals surface area contributed by atoms with Crippen molar-refractivity contribution >= 4 is 11.8 Å². The molecule has 0 aliphatic rings. The van der Waals surface area contributed by atoms with E-state index in [1.165, 1.54) is 0 Å². The van der Waals surface area contributed by atoms with Gasteiger partial charge in [-0.3, -0.25) is 9.59 Å². The van der Waals surface area contributed by atoms with Crippen LogP contribution in [0, 0.1) is 13.8 Å². The molecule has 0 bridgehead atoms. The number of hydrogen-bond donors (Lipinski definition) is 1. The van der Waals surface area contributed by atoms with Crippen LogP contribution in [-0.4, -0.2) is 42.5 Å². The summed E-state index contributed by atoms with van der Waals surface area (Å²) in [4.78, 5) is 27.7. The fraction of sp³-hybridized carbons (Fsp3) is 0.440. The monoisotopic (exact) mass is 426 g/mol. The molecule has 0 spiro atoms. The zero-order valence-corrected chi connectivity index (χ0v) is 19.4. The summed E-state index contributed by atoms with van der Waals surface area (Å²) in [5, 5.41) is 2.93. The van der Waals surface area contributed by atoms with E-state index in [1.54, 1.807) is 12.0 Å². The quantitative estimate of drug-likeness (QED) is 0.623. The third-order valence-electron chi connectivity index (χ3n) is 5.00. The van der Waals surface area contributed by atoms with Crippen LogP contribution in [0.4, 0.5) is 0 Å². The summed E-state index contributed by atoms with van der Waals surface area (Å²) in [5.74, 6) is 0.973. The molecule has 0 saturated heterocycles. The zero-order chi connectivity index (χ0) is 23.0. The first-order chi connectivity index (χ1) is 14.7. The van der Waals surface area contributed by atoms with Gasteiger partial charge < -0.3 is 19.7 Å². The van der Waals surface area contributed by atoms with Crippen molar-refractivity contribution < 1.29 is 19.1 Å². The molecule has 0 aromatic heterocycles. The molecule has 0 saturated carbocycles. The number of benzene rings is 2. The number of ether oxygens (including phenoxy) is 2. The van der Waals surface area contributed by atoms with E-state index in [9.17, 15) is 9.59 Å². The van der Waals surface area contributed by atoms with Crippen molar-refractivity contribution in [1.82, 2.24) is 10.2 Å². The molecule has 2 aromatic rings. The van der Waals surface area contributed by atoms with Crippen LogP contribution in [0.1, 0.15) is 43.9 Å². The molecular formula is C25H34N2O4. The molecule has 168 valence electrons. The highest BCUT2D eigenvalue weighted by atomic mass is 16.5. The van der Waals surface area contributed by atoms with Crippen LogP contribution < -0.4 is 14.8 Å². The second-order valence-corrected chi connectivity index (χ2v) is 8.02. The maximum Gasteiger partial charge on any atom is 0.261 e. The molecule has 2 amide bonds. The van der Waals surface area contributed by atoms with Crippen LogP contribution in [0.3, 0.4) is 0 Å². The highest BCUT2D eigenvalue weighted by Crippen LogP contribution is 2.21. The van der Waals surface area contributed by atoms with Gasteiger partial charge in [0.25, 0.3) is 5.91 Å². The van der Waals surface area contributed by atoms with Gasteiger partial charge in [0.1, 0.15) is 17.5 Å². The number of carbonyl (C=O) groups is 2. The Hall–Kier alpha value is -3.02. The molecule has 0 radical (unpaired) electrons. The van der Waals surface area contributed by atoms with Crippen molar-refractivity contribution in [3.63, 3.8) is 0 Å². The van der Waals surface area contributed by atoms with E-state index in [1.807, 2.05) is 77.1 Å². The van der Waals surface area contributed by atoms with E-state index in [2.05, 4.69) is 5.32 Å². The first kappa shape index (κ1) is 24.3. The highest BCUT2D eigenvalue weighted by Gasteiger charge is 2.29. The first-order valence-corrected chi connectivity index (χ1v) is 10.7. The standard InChI is InChI=1S/C25H34N2O4/c1-7-22(25(29)26-17(2)3)27(15-20-9-8-10-21(14-20)30-6)24(28)16-31-23-13-18(4)11-12-19(23)5/h8-14,17,22H,7,15-16H2,1-6H3,(H,26,29). The number of nitrogens with zero attached hydrogens (tertiary/aromatic N) is 1. The Labute approximate surface area is 185 Å². The Morgan fingerprint density at radius 2 is 1.84 bits per heavy atom. The van der Waals surface area contributed by atoms with Gasteiger partial charge in [-0.05, 0) is 69.0 Å². The summed E-state index contributed by atoms with van der Waals surface area (Å²) in [6.07, 6.45) is 0.498. The lowest BCUT2D eigenvalue weighted by Crippen LogP contribution is -2.51. The molecule has 6 nitrogen and oxygen atoms in total. The average molecular weight is 427 g/mol. The Kier molecular flexibility index (Phi) is 8.91. The molecule has 1 N–H and O–H groups in total. The number of carbonyl (C=O) groups excluding carboxylic acids is 2. The lowest BCUT2D eigenvalue weighted by Gasteiger charge is -2.31. The van der Waals surface area contributed by atoms with Gasteiger partial charge in [0, 0.05) is 12.6 Å². The average Bonchev–Trinajstić information content (AvgIpc) is 2.73. The minimum atomic E-state index is -0.594. The Morgan fingerprint density at radius 1 is 1.10 bits per heavy atom. The summed E-state index contributed by atoms with van der Waals surface area (Å²) in [6, 6.07) is 12.8. The molecule has 2 aromatic carbocycles. The van der Waals surface area contributed by atoms with Gasteiger partial charge in [-0.1, -0.05) is 31.2 Å². The second-order valence-electron chi connectivity index (χ2n) is 8.02. The van der Waals surface area contributed by atoms with Gasteiger partial charge in [-0.25, -0.2) is 0 Å². The number of methoxy groups -OCH3 is 1. The van der Waals surface area contributed by atoms with Crippen molar-refractivity contribution in [2.24, 2.45) is 0 Å². The van der Waals surface area contributed by atoms with Gasteiger partial charge in [-0.15, -0.1) is 0 Å². The number of nitrogens with one attached hydrogen (secondary N) is 1. The van der Waals surface area contributed by atoms with Crippen LogP contribution in [-0.2, 0) is 16.1 Å². The van der Waals surface area contributed by atoms with Crippen LogP contribution in [0.5, 0.6) is 11.5 Å². The minimum absolute atomic E-state index is 0.0125. The van der Waals surface area contributed by atoms with E-state index < -0.39 is 6.04 Å². The Bertz CT molecular complexity index is 895. The van der Waals surface area contributed by atoms with Crippen molar-refractivity contribution in [3.8, 4) is 11.5 Å². The number of amides is 2. The predicted octanol–water partition coefficient (Wildman–Crippen LogP) is 4.02. The van der Waals surface area contributed by atoms with E-state index in [4.69, 9.17) is 9.47 Å². The smallest absolute Gasteiger partial charge is 0.261 e. The lowest BCUT2D eigenvalue weighted by molar-refractivity contribution is -0.143. The summed E-state index contributed by atoms with van der Waals surface area (Å²) in [6.45, 7) is 9.79. The number of hydrogen-bond acceptors (Lipinski definition) is 4. The van der Waals surface area contributed by atoms with Gasteiger partial charge in [0.15, 0.2) is 6.61 Å². The molecule has 1 atom stereocenters. The SMILES string of the molecule is CCC(C(=O)NC(C)C)N(Cc1cccc(OC)c1)C(=O)COc1cc(C)ccc1C. The lowest BCUT2D eigenvalue weighted by atomic mass is 10.1. The topological polar surface area (TPSA) is 67.9 Å². The third kappa shape index (κ3) is 7.02. The maximum absolute atomic E-state index is 13.3. The van der Waals surface area contributed by atoms with Gasteiger partial charge in [0.05, 0.1) is 7.11 Å². The van der Waals surface area contributed by atoms with Crippen LogP contribution in [0.15, 0.2) is 42.5 Å². The van der Waals surface area contributed by atoms with E-state index in [0.717, 1.165) is 16.7 Å². The fourth-order valence-electron chi connectivity index (χ4n) is 3.35. The van der Waals surface area contributed by atoms with Gasteiger partial charge >= 0.3 is 0 Å². The van der Waals surface area contributed by atoms with Crippen molar-refractivity contribution in [2.75, 3.05) is 13.7 Å². The highest BCUT2D eigenvalue weighted by molar-refractivity contribution is 5.88. The molecule has 1 unspecified atom stereocenters. The van der Waals surface area contributed by atoms with Crippen LogP contribution in [0.2, 0.25) is 0 Å². The molecule has 0 fully saturated rings. The molecule has 0 aliphatic carbocycles. The third-order valence-corrected chi connectivity index (χ3v) is 5.00. The van der Waals surface area contributed by atoms with Crippen LogP contribution in [0.25, 0.3) is 0 Å². The molecular weight excluding hydrogens is 392 g/mol. The molecule has 0 aliphatic heterocycles. The Morgan fingerprint density at radius 3 is 2.48 bits per heavy atom. The Balaban J connectivity index is 2.26. The first-order valence-electron chi connectivity index (χ1n) is 10.7. The fourth-order valence-corrected chi connectivity index (χ4v) is 3.35. The van der Waals surface area contributed by atoms with Gasteiger partial charge in [-0.2, -0.15) is 0 Å². The second kappa shape index (κ2) is 11.4. The number of rotatable bonds is 10. The molecule has 0 heterocycles. The van der Waals surface area contributed by atoms with E-state index >= 15 is 0 Å². The van der Waals surface area contributed by atoms with Crippen molar-refractivity contribution in [1.29, 1.82) is 0 Å². The normalized spacial score (nSPS) is 11.7. The number of aryl methyl sites for hydroxylation is 2. The molecule has 31 heavy (non-hydrogen) atoms. The van der Waals surface area contributed by atoms with E-state index in [0.29, 0.717) is 17.9 Å². The minimum Gasteiger partial charge on any atom is -0.497 e. The van der Waals surface area contributed by atoms with Crippen molar-refractivity contribution in [2.45, 2.75) is 59.7 Å². The van der Waals surface area contributed by atoms with Gasteiger partial charge in [0.2, 0.25) is 5.91 Å². The maximum atomic E-state index is 13.3. The summed E-state index contributed by atoms with van der Waals surface area (Å²) < 4.78 is 11.2. The zero-order valence-electron chi connectivity index (χ0n) is 19.4. The predicted molar refractivity (Wildman–Crippen MR) is 122 cm³/mol. The summed E-state index contributed by atoms with van der Waals surface area (Å²) >= 11 is 0.